The van der Waals surface area contributed by atoms with Crippen molar-refractivity contribution in [2.75, 3.05) is 5.84 Å². The summed E-state index contributed by atoms with van der Waals surface area (Å²) in [6.07, 6.45) is -4.92. The molecule has 2 aromatic rings. The smallest absolute Gasteiger partial charge is 0.335 e. The number of aromatic nitrogens is 2. The Kier molecular flexibility index (Phi) is 3.31. The maximum atomic E-state index is 12.6. The summed E-state index contributed by atoms with van der Waals surface area (Å²) in [7, 11) is 0. The van der Waals surface area contributed by atoms with Crippen LogP contribution in [0.4, 0.5) is 13.2 Å². The first kappa shape index (κ1) is 14.4. The van der Waals surface area contributed by atoms with Crippen LogP contribution >= 0.6 is 0 Å². The molecule has 0 saturated carbocycles. The van der Waals surface area contributed by atoms with Gasteiger partial charge in [-0.1, -0.05) is 0 Å². The van der Waals surface area contributed by atoms with Gasteiger partial charge >= 0.3 is 11.9 Å². The van der Waals surface area contributed by atoms with Crippen LogP contribution < -0.4 is 17.1 Å². The molecule has 0 amide bonds. The second-order valence-corrected chi connectivity index (χ2v) is 4.01. The van der Waals surface area contributed by atoms with E-state index in [1.807, 2.05) is 6.07 Å². The van der Waals surface area contributed by atoms with Crippen LogP contribution in [0, 0.1) is 11.3 Å². The molecule has 0 aliphatic heterocycles. The molecule has 1 heterocycles. The van der Waals surface area contributed by atoms with E-state index < -0.39 is 23.1 Å². The van der Waals surface area contributed by atoms with Gasteiger partial charge in [-0.25, -0.2) is 14.0 Å². The highest BCUT2D eigenvalue weighted by Gasteiger charge is 2.35. The number of nitriles is 1. The van der Waals surface area contributed by atoms with E-state index in [-0.39, 0.29) is 22.0 Å². The molecule has 0 atom stereocenters. The average molecular weight is 296 g/mol. The SMILES string of the molecule is N#Cc1ccc(-n2c(=O)cc(C(F)(F)F)n(N)c2=O)cc1. The zero-order chi connectivity index (χ0) is 15.8. The molecule has 0 aliphatic rings. The van der Waals surface area contributed by atoms with Gasteiger partial charge in [0.05, 0.1) is 17.3 Å². The van der Waals surface area contributed by atoms with E-state index in [2.05, 4.69) is 0 Å². The minimum Gasteiger partial charge on any atom is -0.335 e. The van der Waals surface area contributed by atoms with Crippen molar-refractivity contribution in [3.63, 3.8) is 0 Å². The first-order valence-corrected chi connectivity index (χ1v) is 5.47. The van der Waals surface area contributed by atoms with Crippen molar-refractivity contribution < 1.29 is 13.2 Å². The van der Waals surface area contributed by atoms with E-state index in [1.165, 1.54) is 24.3 Å². The lowest BCUT2D eigenvalue weighted by atomic mass is 10.2. The number of benzene rings is 1. The monoisotopic (exact) mass is 296 g/mol. The quantitative estimate of drug-likeness (QED) is 0.780. The number of alkyl halides is 3. The number of rotatable bonds is 1. The third-order valence-electron chi connectivity index (χ3n) is 2.68. The van der Waals surface area contributed by atoms with E-state index in [9.17, 15) is 22.8 Å². The maximum Gasteiger partial charge on any atom is 0.433 e. The van der Waals surface area contributed by atoms with Gasteiger partial charge < -0.3 is 5.84 Å². The minimum absolute atomic E-state index is 0.0110. The number of halogens is 3. The lowest BCUT2D eigenvalue weighted by Gasteiger charge is -2.13. The van der Waals surface area contributed by atoms with E-state index in [0.717, 1.165) is 0 Å². The summed E-state index contributed by atoms with van der Waals surface area (Å²) < 4.78 is 38.2. The molecule has 0 spiro atoms. The number of nitrogen functional groups attached to an aromatic ring is 1. The van der Waals surface area contributed by atoms with Crippen molar-refractivity contribution in [2.24, 2.45) is 0 Å². The average Bonchev–Trinajstić information content (AvgIpc) is 2.42. The lowest BCUT2D eigenvalue weighted by Crippen LogP contribution is -2.45. The summed E-state index contributed by atoms with van der Waals surface area (Å²) in [5, 5.41) is 8.65. The van der Waals surface area contributed by atoms with Gasteiger partial charge in [0.1, 0.15) is 0 Å². The molecule has 1 aromatic carbocycles. The fourth-order valence-corrected chi connectivity index (χ4v) is 1.70. The molecule has 0 bridgehead atoms. The van der Waals surface area contributed by atoms with Crippen molar-refractivity contribution in [3.8, 4) is 11.8 Å². The van der Waals surface area contributed by atoms with Crippen LogP contribution in [0.2, 0.25) is 0 Å². The summed E-state index contributed by atoms with van der Waals surface area (Å²) in [6, 6.07) is 7.22. The topological polar surface area (TPSA) is 93.8 Å². The van der Waals surface area contributed by atoms with Gasteiger partial charge in [0, 0.05) is 6.07 Å². The third-order valence-corrected chi connectivity index (χ3v) is 2.68. The molecule has 0 aliphatic carbocycles. The van der Waals surface area contributed by atoms with Gasteiger partial charge in [-0.05, 0) is 24.3 Å². The zero-order valence-electron chi connectivity index (χ0n) is 10.3. The lowest BCUT2D eigenvalue weighted by molar-refractivity contribution is -0.143. The molecule has 0 saturated heterocycles. The van der Waals surface area contributed by atoms with Crippen molar-refractivity contribution in [1.82, 2.24) is 9.24 Å². The Morgan fingerprint density at radius 2 is 1.71 bits per heavy atom. The summed E-state index contributed by atoms with van der Waals surface area (Å²) in [5.41, 5.74) is -3.76. The molecular weight excluding hydrogens is 289 g/mol. The first-order valence-electron chi connectivity index (χ1n) is 5.47. The Labute approximate surface area is 115 Å². The van der Waals surface area contributed by atoms with Crippen molar-refractivity contribution in [3.05, 3.63) is 62.4 Å². The number of nitrogens with zero attached hydrogens (tertiary/aromatic N) is 3. The second-order valence-electron chi connectivity index (χ2n) is 4.01. The fraction of sp³-hybridized carbons (Fsp3) is 0.0833. The molecule has 2 N–H and O–H groups in total. The highest BCUT2D eigenvalue weighted by atomic mass is 19.4. The molecule has 6 nitrogen and oxygen atoms in total. The highest BCUT2D eigenvalue weighted by Crippen LogP contribution is 2.26. The summed E-state index contributed by atoms with van der Waals surface area (Å²) >= 11 is 0. The Morgan fingerprint density at radius 3 is 2.19 bits per heavy atom. The molecule has 1 aromatic heterocycles. The zero-order valence-corrected chi connectivity index (χ0v) is 10.3. The standard InChI is InChI=1S/C12H7F3N4O2/c13-12(14,15)9-5-10(20)18(11(21)19(9)17)8-3-1-7(6-16)2-4-8/h1-5H,17H2. The molecular formula is C12H7F3N4O2. The fourth-order valence-electron chi connectivity index (χ4n) is 1.70. The van der Waals surface area contributed by atoms with Gasteiger partial charge in [-0.15, -0.1) is 0 Å². The summed E-state index contributed by atoms with van der Waals surface area (Å²) in [5.74, 6) is 5.10. The Balaban J connectivity index is 2.72. The van der Waals surface area contributed by atoms with Gasteiger partial charge in [0.25, 0.3) is 5.56 Å². The van der Waals surface area contributed by atoms with Crippen molar-refractivity contribution >= 4 is 0 Å². The molecule has 0 fully saturated rings. The minimum atomic E-state index is -4.92. The predicted octanol–water partition coefficient (Wildman–Crippen LogP) is 0.603. The number of nitrogens with two attached hydrogens (primary N) is 1. The third kappa shape index (κ3) is 2.51. The van der Waals surface area contributed by atoms with Crippen LogP contribution in [0.3, 0.4) is 0 Å². The van der Waals surface area contributed by atoms with Crippen LogP contribution in [-0.4, -0.2) is 9.24 Å². The molecule has 2 rings (SSSR count). The van der Waals surface area contributed by atoms with Crippen LogP contribution in [-0.2, 0) is 6.18 Å². The Hall–Kier alpha value is -3.02. The molecule has 0 radical (unpaired) electrons. The van der Waals surface area contributed by atoms with E-state index in [4.69, 9.17) is 11.1 Å². The van der Waals surface area contributed by atoms with Gasteiger partial charge in [0.2, 0.25) is 0 Å². The Bertz CT molecular complexity index is 841. The van der Waals surface area contributed by atoms with Crippen molar-refractivity contribution in [2.45, 2.75) is 6.18 Å². The second kappa shape index (κ2) is 4.82. The van der Waals surface area contributed by atoms with Gasteiger partial charge in [0.15, 0.2) is 5.69 Å². The molecule has 9 heteroatoms. The van der Waals surface area contributed by atoms with E-state index >= 15 is 0 Å². The van der Waals surface area contributed by atoms with Crippen LogP contribution in [0.1, 0.15) is 11.3 Å². The maximum absolute atomic E-state index is 12.6. The largest absolute Gasteiger partial charge is 0.433 e. The molecule has 21 heavy (non-hydrogen) atoms. The summed E-state index contributed by atoms with van der Waals surface area (Å²) in [4.78, 5) is 23.6. The predicted molar refractivity (Wildman–Crippen MR) is 66.2 cm³/mol. The highest BCUT2D eigenvalue weighted by molar-refractivity contribution is 5.39. The Morgan fingerprint density at radius 1 is 1.14 bits per heavy atom. The number of hydrogen-bond donors (Lipinski definition) is 1. The van der Waals surface area contributed by atoms with E-state index in [0.29, 0.717) is 4.57 Å². The molecule has 0 unspecified atom stereocenters. The molecule has 108 valence electrons. The van der Waals surface area contributed by atoms with Gasteiger partial charge in [-0.2, -0.15) is 18.4 Å². The van der Waals surface area contributed by atoms with Crippen LogP contribution in [0.15, 0.2) is 39.9 Å². The van der Waals surface area contributed by atoms with Crippen LogP contribution in [0.5, 0.6) is 0 Å². The van der Waals surface area contributed by atoms with Gasteiger partial charge in [-0.3, -0.25) is 4.79 Å². The normalized spacial score (nSPS) is 11.1. The summed E-state index contributed by atoms with van der Waals surface area (Å²) in [6.45, 7) is 0. The first-order chi connectivity index (χ1) is 9.75. The number of hydrogen-bond acceptors (Lipinski definition) is 4. The van der Waals surface area contributed by atoms with Crippen molar-refractivity contribution in [1.29, 1.82) is 5.26 Å². The van der Waals surface area contributed by atoms with Crippen LogP contribution in [0.25, 0.3) is 5.69 Å². The van der Waals surface area contributed by atoms with E-state index in [1.54, 1.807) is 0 Å².